The number of para-hydroxylation sites is 1. The van der Waals surface area contributed by atoms with Crippen LogP contribution in [0.4, 0.5) is 0 Å². The van der Waals surface area contributed by atoms with Crippen LogP contribution in [0.5, 0.6) is 0 Å². The molecule has 4 nitrogen and oxygen atoms in total. The molecule has 21 heavy (non-hydrogen) atoms. The van der Waals surface area contributed by atoms with E-state index in [1.165, 1.54) is 12.8 Å². The van der Waals surface area contributed by atoms with E-state index in [2.05, 4.69) is 19.1 Å². The number of H-pyrrole nitrogens is 1. The van der Waals surface area contributed by atoms with Gasteiger partial charge in [-0.2, -0.15) is 0 Å². The highest BCUT2D eigenvalue weighted by atomic mass is 16.5. The molecule has 1 aromatic carbocycles. The molecule has 1 fully saturated rings. The largest absolute Gasteiger partial charge is 0.456 e. The monoisotopic (exact) mass is 287 g/mol. The van der Waals surface area contributed by atoms with Crippen molar-refractivity contribution >= 4 is 16.9 Å². The molecule has 0 saturated carbocycles. The number of aromatic amines is 1. The average Bonchev–Trinajstić information content (AvgIpc) is 2.89. The fraction of sp³-hybridized carbons (Fsp3) is 0.471. The van der Waals surface area contributed by atoms with E-state index in [0.717, 1.165) is 28.4 Å². The van der Waals surface area contributed by atoms with E-state index in [4.69, 9.17) is 4.74 Å². The van der Waals surface area contributed by atoms with Gasteiger partial charge in [-0.25, -0.2) is 4.79 Å². The van der Waals surface area contributed by atoms with Crippen molar-refractivity contribution in [2.24, 2.45) is 0 Å². The predicted octanol–water partition coefficient (Wildman–Crippen LogP) is 2.95. The lowest BCUT2D eigenvalue weighted by Gasteiger charge is -2.41. The average molecular weight is 287 g/mol. The third kappa shape index (κ3) is 2.81. The molecule has 1 unspecified atom stereocenters. The summed E-state index contributed by atoms with van der Waals surface area (Å²) in [5, 5.41) is 0.930. The molecule has 0 aliphatic carbocycles. The summed E-state index contributed by atoms with van der Waals surface area (Å²) >= 11 is 0. The van der Waals surface area contributed by atoms with Gasteiger partial charge in [-0.15, -0.1) is 0 Å². The second-order valence-electron chi connectivity index (χ2n) is 6.50. The van der Waals surface area contributed by atoms with Crippen LogP contribution in [0.3, 0.4) is 0 Å². The van der Waals surface area contributed by atoms with Crippen molar-refractivity contribution < 1.29 is 14.0 Å². The van der Waals surface area contributed by atoms with Gasteiger partial charge in [0.05, 0.1) is 26.2 Å². The third-order valence-corrected chi connectivity index (χ3v) is 4.73. The first-order valence-electron chi connectivity index (χ1n) is 7.64. The number of rotatable bonds is 3. The number of piperidine rings is 1. The minimum Gasteiger partial charge on any atom is -0.456 e. The first-order valence-corrected chi connectivity index (χ1v) is 7.64. The first kappa shape index (κ1) is 14.1. The Morgan fingerprint density at radius 2 is 2.14 bits per heavy atom. The molecule has 1 atom stereocenters. The number of nitrogens with one attached hydrogen (secondary N) is 1. The van der Waals surface area contributed by atoms with Gasteiger partial charge < -0.3 is 14.2 Å². The van der Waals surface area contributed by atoms with Crippen LogP contribution < -0.4 is 0 Å². The highest BCUT2D eigenvalue weighted by molar-refractivity contribution is 6.03. The number of ether oxygens (including phenoxy) is 1. The fourth-order valence-corrected chi connectivity index (χ4v) is 3.21. The smallest absolute Gasteiger partial charge is 0.340 e. The molecule has 0 spiro atoms. The molecule has 4 heteroatoms. The minimum absolute atomic E-state index is 0.224. The third-order valence-electron chi connectivity index (χ3n) is 4.73. The number of likely N-dealkylation sites (tertiary alicyclic amines) is 1. The van der Waals surface area contributed by atoms with Gasteiger partial charge in [-0.1, -0.05) is 18.2 Å². The Kier molecular flexibility index (Phi) is 3.72. The van der Waals surface area contributed by atoms with Crippen LogP contribution in [-0.2, 0) is 4.74 Å². The number of nitrogens with zero attached hydrogens (tertiary/aromatic N) is 1. The van der Waals surface area contributed by atoms with E-state index in [1.54, 1.807) is 6.20 Å². The second kappa shape index (κ2) is 5.53. The highest BCUT2D eigenvalue weighted by Gasteiger charge is 2.32. The Hall–Kier alpha value is -1.81. The zero-order valence-electron chi connectivity index (χ0n) is 12.8. The van der Waals surface area contributed by atoms with Gasteiger partial charge in [0.15, 0.2) is 0 Å². The summed E-state index contributed by atoms with van der Waals surface area (Å²) < 4.78 is 6.54. The van der Waals surface area contributed by atoms with Crippen molar-refractivity contribution in [3.8, 4) is 0 Å². The topological polar surface area (TPSA) is 42.1 Å². The standard InChI is InChI=1S/C17H22N2O2/c1-19(2)10-6-5-7-13(19)12-21-17(20)15-11-18-16-9-4-3-8-14(15)16/h3-4,8-9,11,13H,5-7,10,12H2,1-2H3/p+1. The molecular formula is C17H23N2O2+. The summed E-state index contributed by atoms with van der Waals surface area (Å²) in [6, 6.07) is 8.22. The van der Waals surface area contributed by atoms with Crippen molar-refractivity contribution in [3.63, 3.8) is 0 Å². The summed E-state index contributed by atoms with van der Waals surface area (Å²) in [5.41, 5.74) is 1.60. The lowest BCUT2D eigenvalue weighted by Crippen LogP contribution is -2.54. The molecule has 112 valence electrons. The molecule has 2 aromatic rings. The van der Waals surface area contributed by atoms with E-state index in [9.17, 15) is 4.79 Å². The Bertz CT molecular complexity index is 645. The SMILES string of the molecule is C[N+]1(C)CCCCC1COC(=O)c1c[nH]c2ccccc12. The van der Waals surface area contributed by atoms with Gasteiger partial charge in [0.1, 0.15) is 12.6 Å². The Balaban J connectivity index is 1.69. The molecule has 1 aromatic heterocycles. The van der Waals surface area contributed by atoms with Crippen LogP contribution in [-0.4, -0.2) is 48.7 Å². The molecule has 1 saturated heterocycles. The quantitative estimate of drug-likeness (QED) is 0.696. The maximum atomic E-state index is 12.3. The van der Waals surface area contributed by atoms with Crippen molar-refractivity contribution in [1.82, 2.24) is 4.98 Å². The summed E-state index contributed by atoms with van der Waals surface area (Å²) in [4.78, 5) is 15.4. The van der Waals surface area contributed by atoms with Gasteiger partial charge in [-0.3, -0.25) is 0 Å². The van der Waals surface area contributed by atoms with Crippen LogP contribution in [0.15, 0.2) is 30.5 Å². The van der Waals surface area contributed by atoms with Gasteiger partial charge in [0, 0.05) is 23.5 Å². The number of benzene rings is 1. The van der Waals surface area contributed by atoms with Crippen molar-refractivity contribution in [2.75, 3.05) is 27.2 Å². The molecule has 1 N–H and O–H groups in total. The normalized spacial score (nSPS) is 21.3. The molecular weight excluding hydrogens is 264 g/mol. The first-order chi connectivity index (χ1) is 10.1. The van der Waals surface area contributed by atoms with Gasteiger partial charge in [0.2, 0.25) is 0 Å². The van der Waals surface area contributed by atoms with E-state index in [1.807, 2.05) is 24.3 Å². The number of carbonyl (C=O) groups is 1. The van der Waals surface area contributed by atoms with Crippen molar-refractivity contribution in [1.29, 1.82) is 0 Å². The maximum Gasteiger partial charge on any atom is 0.340 e. The molecule has 0 amide bonds. The number of fused-ring (bicyclic) bond motifs is 1. The molecule has 2 heterocycles. The number of esters is 1. The number of likely N-dealkylation sites (N-methyl/N-ethyl adjacent to an activating group) is 1. The maximum absolute atomic E-state index is 12.3. The summed E-state index contributed by atoms with van der Waals surface area (Å²) in [6.07, 6.45) is 5.37. The van der Waals surface area contributed by atoms with Crippen LogP contribution in [0.2, 0.25) is 0 Å². The Morgan fingerprint density at radius 1 is 1.33 bits per heavy atom. The fourth-order valence-electron chi connectivity index (χ4n) is 3.21. The minimum atomic E-state index is -0.224. The van der Waals surface area contributed by atoms with Crippen LogP contribution in [0.1, 0.15) is 29.6 Å². The van der Waals surface area contributed by atoms with Crippen LogP contribution in [0, 0.1) is 0 Å². The van der Waals surface area contributed by atoms with Gasteiger partial charge in [0.25, 0.3) is 0 Å². The lowest BCUT2D eigenvalue weighted by molar-refractivity contribution is -0.920. The summed E-state index contributed by atoms with van der Waals surface area (Å²) in [6.45, 7) is 1.67. The van der Waals surface area contributed by atoms with Gasteiger partial charge >= 0.3 is 5.97 Å². The molecule has 3 rings (SSSR count). The number of aromatic nitrogens is 1. The van der Waals surface area contributed by atoms with Crippen LogP contribution in [0.25, 0.3) is 10.9 Å². The van der Waals surface area contributed by atoms with Crippen molar-refractivity contribution in [3.05, 3.63) is 36.0 Å². The van der Waals surface area contributed by atoms with Crippen LogP contribution >= 0.6 is 0 Å². The molecule has 1 aliphatic heterocycles. The number of carbonyl (C=O) groups excluding carboxylic acids is 1. The summed E-state index contributed by atoms with van der Waals surface area (Å²) in [5.74, 6) is -0.224. The lowest BCUT2D eigenvalue weighted by atomic mass is 10.0. The second-order valence-corrected chi connectivity index (χ2v) is 6.50. The Morgan fingerprint density at radius 3 is 2.95 bits per heavy atom. The molecule has 1 aliphatic rings. The zero-order valence-corrected chi connectivity index (χ0v) is 12.8. The van der Waals surface area contributed by atoms with E-state index < -0.39 is 0 Å². The number of quaternary nitrogens is 1. The number of hydrogen-bond acceptors (Lipinski definition) is 2. The van der Waals surface area contributed by atoms with E-state index >= 15 is 0 Å². The molecule has 0 bridgehead atoms. The Labute approximate surface area is 125 Å². The highest BCUT2D eigenvalue weighted by Crippen LogP contribution is 2.23. The number of hydrogen-bond donors (Lipinski definition) is 1. The zero-order chi connectivity index (χ0) is 14.9. The van der Waals surface area contributed by atoms with E-state index in [-0.39, 0.29) is 5.97 Å². The molecule has 0 radical (unpaired) electrons. The van der Waals surface area contributed by atoms with Gasteiger partial charge in [-0.05, 0) is 18.9 Å². The summed E-state index contributed by atoms with van der Waals surface area (Å²) in [7, 11) is 4.45. The predicted molar refractivity (Wildman–Crippen MR) is 83.2 cm³/mol. The van der Waals surface area contributed by atoms with Crippen molar-refractivity contribution in [2.45, 2.75) is 25.3 Å². The van der Waals surface area contributed by atoms with E-state index in [0.29, 0.717) is 18.2 Å².